The number of carbonyl (C=O) groups excluding carboxylic acids is 1. The lowest BCUT2D eigenvalue weighted by molar-refractivity contribution is -0.108. The van der Waals surface area contributed by atoms with Gasteiger partial charge in [-0.05, 0) is 25.1 Å². The first kappa shape index (κ1) is 10.9. The molecule has 0 aromatic heterocycles. The van der Waals surface area contributed by atoms with Crippen molar-refractivity contribution in [3.8, 4) is 0 Å². The molecule has 0 heterocycles. The first-order valence-corrected chi connectivity index (χ1v) is 4.76. The van der Waals surface area contributed by atoms with E-state index in [2.05, 4.69) is 11.7 Å². The van der Waals surface area contributed by atoms with E-state index in [1.54, 1.807) is 0 Å². The minimum Gasteiger partial charge on any atom is -0.319 e. The lowest BCUT2D eigenvalue weighted by Crippen LogP contribution is -2.19. The summed E-state index contributed by atoms with van der Waals surface area (Å²) in [6.45, 7) is 0.785. The monoisotopic (exact) mass is 189 g/mol. The van der Waals surface area contributed by atoms with E-state index in [-0.39, 0.29) is 5.92 Å². The van der Waals surface area contributed by atoms with Gasteiger partial charge in [0, 0.05) is 12.8 Å². The summed E-state index contributed by atoms with van der Waals surface area (Å²) in [4.78, 5) is 10.4. The van der Waals surface area contributed by atoms with Crippen LogP contribution in [0.25, 0.3) is 0 Å². The van der Waals surface area contributed by atoms with E-state index < -0.39 is 0 Å². The molecular weight excluding hydrogens is 174 g/mol. The van der Waals surface area contributed by atoms with Gasteiger partial charge in [0.05, 0.1) is 0 Å². The highest BCUT2D eigenvalue weighted by Gasteiger charge is 2.08. The fraction of sp³-hybridized carbons (Fsp3) is 0.333. The molecule has 0 saturated carbocycles. The van der Waals surface area contributed by atoms with E-state index in [0.29, 0.717) is 6.42 Å². The van der Waals surface area contributed by atoms with Gasteiger partial charge < -0.3 is 10.1 Å². The molecule has 0 spiro atoms. The average Bonchev–Trinajstić information content (AvgIpc) is 2.20. The molecule has 2 heteroatoms. The predicted octanol–water partition coefficient (Wildman–Crippen LogP) is 1.54. The lowest BCUT2D eigenvalue weighted by Gasteiger charge is -2.12. The Hall–Kier alpha value is -1.15. The number of rotatable bonds is 6. The maximum absolute atomic E-state index is 10.4. The minimum absolute atomic E-state index is 0.167. The number of carbonyl (C=O) groups is 1. The zero-order valence-corrected chi connectivity index (χ0v) is 8.36. The van der Waals surface area contributed by atoms with E-state index in [1.807, 2.05) is 37.4 Å². The van der Waals surface area contributed by atoms with Gasteiger partial charge in [0.2, 0.25) is 0 Å². The van der Waals surface area contributed by atoms with Gasteiger partial charge in [0.15, 0.2) is 0 Å². The van der Waals surface area contributed by atoms with Crippen molar-refractivity contribution in [2.45, 2.75) is 6.42 Å². The fourth-order valence-electron chi connectivity index (χ4n) is 1.33. The van der Waals surface area contributed by atoms with Crippen LogP contribution >= 0.6 is 0 Å². The second-order valence-electron chi connectivity index (χ2n) is 3.17. The molecule has 1 aromatic carbocycles. The van der Waals surface area contributed by atoms with Crippen LogP contribution in [0.15, 0.2) is 30.3 Å². The Morgan fingerprint density at radius 3 is 2.71 bits per heavy atom. The van der Waals surface area contributed by atoms with Crippen LogP contribution in [-0.2, 0) is 4.79 Å². The maximum Gasteiger partial charge on any atom is 0.120 e. The van der Waals surface area contributed by atoms with Gasteiger partial charge >= 0.3 is 0 Å². The topological polar surface area (TPSA) is 29.1 Å². The molecule has 0 bridgehead atoms. The minimum atomic E-state index is 0.167. The Balaban J connectivity index is 2.50. The van der Waals surface area contributed by atoms with E-state index in [0.717, 1.165) is 18.4 Å². The van der Waals surface area contributed by atoms with Crippen molar-refractivity contribution in [2.75, 3.05) is 13.6 Å². The SMILES string of the molecule is CNCC([C]c1ccccc1)CC=O. The summed E-state index contributed by atoms with van der Waals surface area (Å²) >= 11 is 0. The second kappa shape index (κ2) is 6.33. The zero-order chi connectivity index (χ0) is 10.2. The highest BCUT2D eigenvalue weighted by Crippen LogP contribution is 2.12. The van der Waals surface area contributed by atoms with Gasteiger partial charge in [-0.2, -0.15) is 0 Å². The van der Waals surface area contributed by atoms with Crippen LogP contribution in [0.4, 0.5) is 0 Å². The van der Waals surface area contributed by atoms with Crippen LogP contribution in [0, 0.1) is 12.3 Å². The highest BCUT2D eigenvalue weighted by molar-refractivity contribution is 5.50. The summed E-state index contributed by atoms with van der Waals surface area (Å²) in [5.74, 6) is 0.167. The molecule has 2 nitrogen and oxygen atoms in total. The second-order valence-corrected chi connectivity index (χ2v) is 3.17. The Kier molecular flexibility index (Phi) is 4.94. The summed E-state index contributed by atoms with van der Waals surface area (Å²) in [5.41, 5.74) is 1.05. The number of benzene rings is 1. The van der Waals surface area contributed by atoms with Crippen molar-refractivity contribution in [1.82, 2.24) is 5.32 Å². The van der Waals surface area contributed by atoms with Crippen LogP contribution in [0.2, 0.25) is 0 Å². The van der Waals surface area contributed by atoms with Crippen molar-refractivity contribution < 1.29 is 4.79 Å². The molecule has 1 N–H and O–H groups in total. The normalized spacial score (nSPS) is 12.4. The molecular formula is C12H15NO. The summed E-state index contributed by atoms with van der Waals surface area (Å²) in [7, 11) is 1.88. The third-order valence-electron chi connectivity index (χ3n) is 1.98. The highest BCUT2D eigenvalue weighted by atomic mass is 16.1. The zero-order valence-electron chi connectivity index (χ0n) is 8.36. The summed E-state index contributed by atoms with van der Waals surface area (Å²) in [6, 6.07) is 9.90. The van der Waals surface area contributed by atoms with Gasteiger partial charge in [0.25, 0.3) is 0 Å². The Morgan fingerprint density at radius 2 is 2.14 bits per heavy atom. The lowest BCUT2D eigenvalue weighted by atomic mass is 9.97. The van der Waals surface area contributed by atoms with E-state index in [9.17, 15) is 4.79 Å². The summed E-state index contributed by atoms with van der Waals surface area (Å²) in [6.07, 6.45) is 4.75. The molecule has 14 heavy (non-hydrogen) atoms. The van der Waals surface area contributed by atoms with Crippen LogP contribution in [0.5, 0.6) is 0 Å². The smallest absolute Gasteiger partial charge is 0.120 e. The summed E-state index contributed by atoms with van der Waals surface area (Å²) < 4.78 is 0. The first-order valence-electron chi connectivity index (χ1n) is 4.76. The van der Waals surface area contributed by atoms with Crippen molar-refractivity contribution in [1.29, 1.82) is 0 Å². The number of nitrogens with one attached hydrogen (secondary N) is 1. The molecule has 1 aromatic rings. The molecule has 0 aliphatic carbocycles. The van der Waals surface area contributed by atoms with E-state index in [4.69, 9.17) is 0 Å². The average molecular weight is 189 g/mol. The Labute approximate surface area is 85.3 Å². The molecule has 0 fully saturated rings. The Morgan fingerprint density at radius 1 is 1.43 bits per heavy atom. The van der Waals surface area contributed by atoms with Crippen LogP contribution in [0.1, 0.15) is 12.0 Å². The van der Waals surface area contributed by atoms with Gasteiger partial charge in [0.1, 0.15) is 6.29 Å². The molecule has 1 atom stereocenters. The predicted molar refractivity (Wildman–Crippen MR) is 56.9 cm³/mol. The van der Waals surface area contributed by atoms with Crippen molar-refractivity contribution in [2.24, 2.45) is 5.92 Å². The van der Waals surface area contributed by atoms with Crippen LogP contribution in [0.3, 0.4) is 0 Å². The van der Waals surface area contributed by atoms with Gasteiger partial charge in [-0.25, -0.2) is 0 Å². The molecule has 74 valence electrons. The molecule has 0 amide bonds. The van der Waals surface area contributed by atoms with Crippen molar-refractivity contribution in [3.63, 3.8) is 0 Å². The molecule has 1 rings (SSSR count). The molecule has 1 unspecified atom stereocenters. The third kappa shape index (κ3) is 3.71. The first-order chi connectivity index (χ1) is 6.86. The van der Waals surface area contributed by atoms with E-state index >= 15 is 0 Å². The number of hydrogen-bond acceptors (Lipinski definition) is 2. The van der Waals surface area contributed by atoms with Gasteiger partial charge in [-0.15, -0.1) is 0 Å². The standard InChI is InChI=1S/C12H15NO/c1-13-10-12(7-8-14)9-11-5-3-2-4-6-11/h2-6,8,12-13H,7,10H2,1H3. The van der Waals surface area contributed by atoms with Crippen LogP contribution < -0.4 is 5.32 Å². The maximum atomic E-state index is 10.4. The largest absolute Gasteiger partial charge is 0.319 e. The fourth-order valence-corrected chi connectivity index (χ4v) is 1.33. The van der Waals surface area contributed by atoms with Crippen molar-refractivity contribution in [3.05, 3.63) is 42.3 Å². The summed E-state index contributed by atoms with van der Waals surface area (Å²) in [5, 5.41) is 3.05. The number of aldehydes is 1. The molecule has 0 saturated heterocycles. The molecule has 0 aliphatic heterocycles. The van der Waals surface area contributed by atoms with E-state index in [1.165, 1.54) is 0 Å². The quantitative estimate of drug-likeness (QED) is 0.688. The van der Waals surface area contributed by atoms with Crippen LogP contribution in [-0.4, -0.2) is 19.9 Å². The molecule has 2 radical (unpaired) electrons. The van der Waals surface area contributed by atoms with Gasteiger partial charge in [-0.3, -0.25) is 0 Å². The van der Waals surface area contributed by atoms with Crippen molar-refractivity contribution >= 4 is 6.29 Å². The molecule has 0 aliphatic rings. The van der Waals surface area contributed by atoms with Gasteiger partial charge in [-0.1, -0.05) is 30.3 Å². The Bertz CT molecular complexity index is 258. The third-order valence-corrected chi connectivity index (χ3v) is 1.98. The number of hydrogen-bond donors (Lipinski definition) is 1.